The number of nitrogens with one attached hydrogen (secondary N) is 1. The Morgan fingerprint density at radius 3 is 2.51 bits per heavy atom. The van der Waals surface area contributed by atoms with Crippen LogP contribution in [0.25, 0.3) is 11.4 Å². The molecule has 2 atom stereocenters. The summed E-state index contributed by atoms with van der Waals surface area (Å²) in [6, 6.07) is 16.0. The van der Waals surface area contributed by atoms with Crippen LogP contribution in [0.4, 0.5) is 16.0 Å². The Kier molecular flexibility index (Phi) is 10.9. The first-order chi connectivity index (χ1) is 22.0. The van der Waals surface area contributed by atoms with Crippen molar-refractivity contribution in [3.63, 3.8) is 0 Å². The van der Waals surface area contributed by atoms with E-state index in [9.17, 15) is 14.4 Å². The molecular formula is C32H38FN7O5. The topological polar surface area (TPSA) is 157 Å². The third-order valence-electron chi connectivity index (χ3n) is 8.48. The third-order valence-corrected chi connectivity index (χ3v) is 8.48. The SMILES string of the molecule is CO.N#Cc1cc(-c2ncnc(Nc3ccc(C4CCN(C5COC5)CC4)cc3)n2)ccc1O[C@H]1CCN(C(=O)CO)C[C@H]1F. The monoisotopic (exact) mass is 619 g/mol. The third kappa shape index (κ3) is 7.72. The lowest BCUT2D eigenvalue weighted by molar-refractivity contribution is -0.138. The normalized spacial score (nSPS) is 20.7. The summed E-state index contributed by atoms with van der Waals surface area (Å²) in [5, 5.41) is 29.0. The van der Waals surface area contributed by atoms with E-state index in [4.69, 9.17) is 19.7 Å². The Balaban J connectivity index is 0.00000196. The Labute approximate surface area is 261 Å². The first-order valence-corrected chi connectivity index (χ1v) is 15.1. The van der Waals surface area contributed by atoms with Gasteiger partial charge < -0.3 is 29.9 Å². The van der Waals surface area contributed by atoms with Crippen molar-refractivity contribution in [3.05, 3.63) is 59.9 Å². The van der Waals surface area contributed by atoms with Gasteiger partial charge in [-0.15, -0.1) is 0 Å². The van der Waals surface area contributed by atoms with Gasteiger partial charge in [-0.2, -0.15) is 10.2 Å². The molecule has 2 aromatic carbocycles. The van der Waals surface area contributed by atoms with Gasteiger partial charge >= 0.3 is 0 Å². The van der Waals surface area contributed by atoms with Crippen LogP contribution in [-0.4, -0.2) is 112 Å². The summed E-state index contributed by atoms with van der Waals surface area (Å²) in [6.07, 6.45) is 1.70. The van der Waals surface area contributed by atoms with Gasteiger partial charge in [-0.05, 0) is 67.7 Å². The number of alkyl halides is 1. The van der Waals surface area contributed by atoms with Crippen molar-refractivity contribution in [2.24, 2.45) is 0 Å². The highest BCUT2D eigenvalue weighted by Gasteiger charge is 2.33. The number of carbonyl (C=O) groups is 1. The van der Waals surface area contributed by atoms with Gasteiger partial charge in [0.25, 0.3) is 0 Å². The van der Waals surface area contributed by atoms with Gasteiger partial charge in [-0.1, -0.05) is 12.1 Å². The smallest absolute Gasteiger partial charge is 0.248 e. The van der Waals surface area contributed by atoms with Crippen LogP contribution in [0.15, 0.2) is 48.8 Å². The highest BCUT2D eigenvalue weighted by molar-refractivity contribution is 5.77. The zero-order chi connectivity index (χ0) is 31.8. The number of hydrogen-bond acceptors (Lipinski definition) is 11. The summed E-state index contributed by atoms with van der Waals surface area (Å²) in [6.45, 7) is 3.39. The van der Waals surface area contributed by atoms with Crippen molar-refractivity contribution in [2.75, 3.05) is 58.4 Å². The predicted octanol–water partition coefficient (Wildman–Crippen LogP) is 2.65. The molecule has 0 saturated carbocycles. The van der Waals surface area contributed by atoms with Gasteiger partial charge in [-0.25, -0.2) is 14.4 Å². The molecule has 3 aromatic rings. The summed E-state index contributed by atoms with van der Waals surface area (Å²) in [4.78, 5) is 28.6. The van der Waals surface area contributed by atoms with Gasteiger partial charge in [0, 0.05) is 31.3 Å². The quantitative estimate of drug-likeness (QED) is 0.341. The fourth-order valence-electron chi connectivity index (χ4n) is 5.86. The summed E-state index contributed by atoms with van der Waals surface area (Å²) in [7, 11) is 1.00. The van der Waals surface area contributed by atoms with Crippen LogP contribution in [0.3, 0.4) is 0 Å². The number of aliphatic hydroxyl groups excluding tert-OH is 2. The van der Waals surface area contributed by atoms with E-state index in [2.05, 4.69) is 43.4 Å². The average molecular weight is 620 g/mol. The molecule has 3 saturated heterocycles. The number of amides is 1. The number of likely N-dealkylation sites (tertiary alicyclic amines) is 2. The lowest BCUT2D eigenvalue weighted by atomic mass is 9.88. The number of rotatable bonds is 8. The van der Waals surface area contributed by atoms with Crippen LogP contribution in [0.2, 0.25) is 0 Å². The van der Waals surface area contributed by atoms with Crippen LogP contribution in [-0.2, 0) is 9.53 Å². The highest BCUT2D eigenvalue weighted by Crippen LogP contribution is 2.32. The van der Waals surface area contributed by atoms with Gasteiger partial charge in [0.2, 0.25) is 11.9 Å². The molecule has 1 amide bonds. The van der Waals surface area contributed by atoms with E-state index in [0.717, 1.165) is 51.9 Å². The van der Waals surface area contributed by atoms with E-state index in [0.29, 0.717) is 29.3 Å². The molecule has 4 heterocycles. The predicted molar refractivity (Wildman–Crippen MR) is 164 cm³/mol. The zero-order valence-electron chi connectivity index (χ0n) is 25.2. The molecule has 3 N–H and O–H groups in total. The number of carbonyl (C=O) groups excluding carboxylic acids is 1. The van der Waals surface area contributed by atoms with Gasteiger partial charge in [-0.3, -0.25) is 9.69 Å². The number of halogens is 1. The van der Waals surface area contributed by atoms with E-state index in [1.165, 1.54) is 16.8 Å². The number of nitriles is 1. The molecule has 45 heavy (non-hydrogen) atoms. The summed E-state index contributed by atoms with van der Waals surface area (Å²) in [5.41, 5.74) is 3.00. The summed E-state index contributed by atoms with van der Waals surface area (Å²) in [5.74, 6) is 1.03. The number of piperidine rings is 2. The fourth-order valence-corrected chi connectivity index (χ4v) is 5.86. The van der Waals surface area contributed by atoms with Crippen LogP contribution < -0.4 is 10.1 Å². The van der Waals surface area contributed by atoms with Gasteiger partial charge in [0.1, 0.15) is 30.9 Å². The van der Waals surface area contributed by atoms with Crippen molar-refractivity contribution in [1.29, 1.82) is 5.26 Å². The number of aliphatic hydroxyl groups is 2. The number of anilines is 2. The van der Waals surface area contributed by atoms with Crippen LogP contribution in [0.5, 0.6) is 5.75 Å². The van der Waals surface area contributed by atoms with Crippen LogP contribution >= 0.6 is 0 Å². The van der Waals surface area contributed by atoms with E-state index < -0.39 is 24.8 Å². The molecule has 0 radical (unpaired) electrons. The van der Waals surface area contributed by atoms with Gasteiger partial charge in [0.15, 0.2) is 12.0 Å². The lowest BCUT2D eigenvalue weighted by Gasteiger charge is -2.41. The number of ether oxygens (including phenoxy) is 2. The van der Waals surface area contributed by atoms with E-state index >= 15 is 0 Å². The van der Waals surface area contributed by atoms with Gasteiger partial charge in [0.05, 0.1) is 31.4 Å². The maximum absolute atomic E-state index is 14.7. The first-order valence-electron chi connectivity index (χ1n) is 15.1. The first kappa shape index (κ1) is 32.2. The molecule has 0 unspecified atom stereocenters. The molecule has 238 valence electrons. The number of nitrogens with zero attached hydrogens (tertiary/aromatic N) is 6. The molecule has 12 nitrogen and oxygen atoms in total. The van der Waals surface area contributed by atoms with Crippen molar-refractivity contribution < 1.29 is 28.9 Å². The van der Waals surface area contributed by atoms with Crippen LogP contribution in [0.1, 0.15) is 36.3 Å². The largest absolute Gasteiger partial charge is 0.486 e. The van der Waals surface area contributed by atoms with E-state index in [-0.39, 0.29) is 30.8 Å². The Hall–Kier alpha value is -4.22. The highest BCUT2D eigenvalue weighted by atomic mass is 19.1. The maximum Gasteiger partial charge on any atom is 0.248 e. The second-order valence-electron chi connectivity index (χ2n) is 11.2. The molecule has 0 aliphatic carbocycles. The standard InChI is InChI=1S/C31H34FN7O4.CH4O/c32-26-15-39(29(41)16-40)12-9-28(26)43-27-6-3-22(13-23(27)14-33)30-34-19-35-31(37-30)36-24-4-1-20(2-5-24)21-7-10-38(11-8-21)25-17-42-18-25;1-2/h1-6,13,19,21,25-26,28,40H,7-12,15-18H2,(H,34,35,36,37);2H,1H3/t26-,28+;/m1./s1. The number of aromatic nitrogens is 3. The molecule has 13 heteroatoms. The minimum absolute atomic E-state index is 0.163. The minimum Gasteiger partial charge on any atom is -0.486 e. The Bertz CT molecular complexity index is 1480. The molecule has 0 spiro atoms. The summed E-state index contributed by atoms with van der Waals surface area (Å²) >= 11 is 0. The molecule has 3 aliphatic heterocycles. The zero-order valence-corrected chi connectivity index (χ0v) is 25.2. The minimum atomic E-state index is -1.44. The van der Waals surface area contributed by atoms with E-state index in [1.54, 1.807) is 18.2 Å². The number of hydrogen-bond donors (Lipinski definition) is 3. The second-order valence-corrected chi connectivity index (χ2v) is 11.2. The number of benzene rings is 2. The summed E-state index contributed by atoms with van der Waals surface area (Å²) < 4.78 is 25.9. The van der Waals surface area contributed by atoms with Crippen molar-refractivity contribution in [3.8, 4) is 23.2 Å². The van der Waals surface area contributed by atoms with Crippen molar-refractivity contribution >= 4 is 17.5 Å². The molecular weight excluding hydrogens is 581 g/mol. The molecule has 3 aliphatic rings. The molecule has 3 fully saturated rings. The maximum atomic E-state index is 14.7. The Morgan fingerprint density at radius 2 is 1.87 bits per heavy atom. The second kappa shape index (κ2) is 15.2. The lowest BCUT2D eigenvalue weighted by Crippen LogP contribution is -2.51. The Morgan fingerprint density at radius 1 is 1.11 bits per heavy atom. The van der Waals surface area contributed by atoms with Crippen LogP contribution in [0, 0.1) is 11.3 Å². The molecule has 0 bridgehead atoms. The van der Waals surface area contributed by atoms with E-state index in [1.807, 2.05) is 12.1 Å². The fraction of sp³-hybridized carbons (Fsp3) is 0.469. The average Bonchev–Trinajstić information content (AvgIpc) is 3.06. The van der Waals surface area contributed by atoms with Crippen molar-refractivity contribution in [1.82, 2.24) is 24.8 Å². The molecule has 1 aromatic heterocycles. The van der Waals surface area contributed by atoms with Crippen molar-refractivity contribution in [2.45, 2.75) is 43.5 Å². The molecule has 6 rings (SSSR count).